The van der Waals surface area contributed by atoms with E-state index < -0.39 is 0 Å². The maximum absolute atomic E-state index is 11.9. The van der Waals surface area contributed by atoms with Gasteiger partial charge < -0.3 is 10.2 Å². The van der Waals surface area contributed by atoms with Gasteiger partial charge in [0.2, 0.25) is 5.91 Å². The third kappa shape index (κ3) is 4.30. The zero-order valence-electron chi connectivity index (χ0n) is 12.6. The van der Waals surface area contributed by atoms with Gasteiger partial charge in [-0.3, -0.25) is 9.78 Å². The van der Waals surface area contributed by atoms with Gasteiger partial charge in [0, 0.05) is 31.4 Å². The summed E-state index contributed by atoms with van der Waals surface area (Å²) in [6, 6.07) is 2.48. The van der Waals surface area contributed by atoms with Crippen molar-refractivity contribution in [2.75, 3.05) is 13.1 Å². The standard InChI is InChI=1S/C16H25N3O/c1-13-11-17-8-7-15(13)12-18-16(20)6-5-14(2)19-9-3-4-10-19/h7-8,11,14H,3-6,9-10,12H2,1-2H3,(H,18,20)/t14-/m1/s1. The van der Waals surface area contributed by atoms with Crippen LogP contribution in [0.1, 0.15) is 43.7 Å². The molecule has 2 heterocycles. The van der Waals surface area contributed by atoms with Gasteiger partial charge in [0.25, 0.3) is 0 Å². The Kier molecular flexibility index (Phi) is 5.53. The van der Waals surface area contributed by atoms with Crippen molar-refractivity contribution in [3.8, 4) is 0 Å². The van der Waals surface area contributed by atoms with Crippen molar-refractivity contribution in [2.45, 2.75) is 52.1 Å². The fraction of sp³-hybridized carbons (Fsp3) is 0.625. The Morgan fingerprint density at radius 1 is 1.45 bits per heavy atom. The molecule has 4 heteroatoms. The van der Waals surface area contributed by atoms with Crippen LogP contribution in [0, 0.1) is 6.92 Å². The van der Waals surface area contributed by atoms with Gasteiger partial charge >= 0.3 is 0 Å². The summed E-state index contributed by atoms with van der Waals surface area (Å²) in [5, 5.41) is 3.00. The van der Waals surface area contributed by atoms with Crippen molar-refractivity contribution in [3.63, 3.8) is 0 Å². The van der Waals surface area contributed by atoms with Crippen LogP contribution in [0.15, 0.2) is 18.5 Å². The molecule has 1 atom stereocenters. The average molecular weight is 275 g/mol. The van der Waals surface area contributed by atoms with E-state index in [0.29, 0.717) is 19.0 Å². The summed E-state index contributed by atoms with van der Waals surface area (Å²) < 4.78 is 0. The molecule has 0 aromatic carbocycles. The van der Waals surface area contributed by atoms with Gasteiger partial charge in [0.15, 0.2) is 0 Å². The van der Waals surface area contributed by atoms with Crippen LogP contribution in [0.4, 0.5) is 0 Å². The lowest BCUT2D eigenvalue weighted by molar-refractivity contribution is -0.121. The number of aromatic nitrogens is 1. The molecule has 1 N–H and O–H groups in total. The van der Waals surface area contributed by atoms with E-state index in [0.717, 1.165) is 17.5 Å². The van der Waals surface area contributed by atoms with Crippen molar-refractivity contribution in [1.29, 1.82) is 0 Å². The normalized spacial score (nSPS) is 17.1. The van der Waals surface area contributed by atoms with E-state index in [-0.39, 0.29) is 5.91 Å². The van der Waals surface area contributed by atoms with E-state index in [9.17, 15) is 4.79 Å². The first-order valence-electron chi connectivity index (χ1n) is 7.57. The van der Waals surface area contributed by atoms with Gasteiger partial charge in [0.05, 0.1) is 0 Å². The zero-order chi connectivity index (χ0) is 14.4. The second-order valence-electron chi connectivity index (χ2n) is 5.71. The van der Waals surface area contributed by atoms with Crippen LogP contribution in [0.3, 0.4) is 0 Å². The fourth-order valence-corrected chi connectivity index (χ4v) is 2.69. The highest BCUT2D eigenvalue weighted by Gasteiger charge is 2.18. The predicted molar refractivity (Wildman–Crippen MR) is 80.3 cm³/mol. The number of carbonyl (C=O) groups is 1. The maximum atomic E-state index is 11.9. The van der Waals surface area contributed by atoms with Crippen molar-refractivity contribution < 1.29 is 4.79 Å². The Balaban J connectivity index is 1.69. The molecule has 0 radical (unpaired) electrons. The number of nitrogens with one attached hydrogen (secondary N) is 1. The smallest absolute Gasteiger partial charge is 0.220 e. The summed E-state index contributed by atoms with van der Waals surface area (Å²) in [6.07, 6.45) is 7.76. The van der Waals surface area contributed by atoms with Crippen LogP contribution in [-0.2, 0) is 11.3 Å². The monoisotopic (exact) mass is 275 g/mol. The molecule has 2 rings (SSSR count). The Hall–Kier alpha value is -1.42. The quantitative estimate of drug-likeness (QED) is 0.866. The zero-order valence-corrected chi connectivity index (χ0v) is 12.6. The number of hydrogen-bond acceptors (Lipinski definition) is 3. The van der Waals surface area contributed by atoms with Crippen LogP contribution < -0.4 is 5.32 Å². The van der Waals surface area contributed by atoms with Gasteiger partial charge in [0.1, 0.15) is 0 Å². The van der Waals surface area contributed by atoms with E-state index in [1.54, 1.807) is 6.20 Å². The minimum absolute atomic E-state index is 0.146. The minimum atomic E-state index is 0.146. The molecule has 0 saturated carbocycles. The molecule has 1 aliphatic rings. The molecule has 1 fully saturated rings. The number of rotatable bonds is 6. The lowest BCUT2D eigenvalue weighted by atomic mass is 10.1. The van der Waals surface area contributed by atoms with E-state index in [1.165, 1.54) is 25.9 Å². The van der Waals surface area contributed by atoms with Gasteiger partial charge in [-0.05, 0) is 63.4 Å². The van der Waals surface area contributed by atoms with E-state index in [2.05, 4.69) is 22.1 Å². The van der Waals surface area contributed by atoms with Crippen molar-refractivity contribution in [2.24, 2.45) is 0 Å². The molecule has 110 valence electrons. The molecule has 0 spiro atoms. The first-order valence-corrected chi connectivity index (χ1v) is 7.57. The Morgan fingerprint density at radius 2 is 2.20 bits per heavy atom. The van der Waals surface area contributed by atoms with Crippen molar-refractivity contribution >= 4 is 5.91 Å². The summed E-state index contributed by atoms with van der Waals surface area (Å²) in [4.78, 5) is 18.4. The minimum Gasteiger partial charge on any atom is -0.352 e. The molecule has 1 saturated heterocycles. The van der Waals surface area contributed by atoms with Crippen LogP contribution >= 0.6 is 0 Å². The highest BCUT2D eigenvalue weighted by atomic mass is 16.1. The summed E-state index contributed by atoms with van der Waals surface area (Å²) in [5.74, 6) is 0.146. The molecule has 20 heavy (non-hydrogen) atoms. The molecule has 1 aromatic heterocycles. The molecule has 0 bridgehead atoms. The molecule has 1 aromatic rings. The molecule has 1 amide bonds. The van der Waals surface area contributed by atoms with Gasteiger partial charge in [-0.1, -0.05) is 0 Å². The number of hydrogen-bond donors (Lipinski definition) is 1. The predicted octanol–water partition coefficient (Wildman–Crippen LogP) is 2.27. The lowest BCUT2D eigenvalue weighted by Crippen LogP contribution is -2.32. The summed E-state index contributed by atoms with van der Waals surface area (Å²) in [5.41, 5.74) is 2.26. The Labute approximate surface area is 121 Å². The maximum Gasteiger partial charge on any atom is 0.220 e. The number of pyridine rings is 1. The first-order chi connectivity index (χ1) is 9.66. The lowest BCUT2D eigenvalue weighted by Gasteiger charge is -2.23. The molecule has 4 nitrogen and oxygen atoms in total. The summed E-state index contributed by atoms with van der Waals surface area (Å²) in [7, 11) is 0. The largest absolute Gasteiger partial charge is 0.352 e. The summed E-state index contributed by atoms with van der Waals surface area (Å²) >= 11 is 0. The second kappa shape index (κ2) is 7.39. The molecular formula is C16H25N3O. The number of carbonyl (C=O) groups excluding carboxylic acids is 1. The van der Waals surface area contributed by atoms with Crippen LogP contribution in [0.5, 0.6) is 0 Å². The van der Waals surface area contributed by atoms with Crippen LogP contribution in [0.25, 0.3) is 0 Å². The first kappa shape index (κ1) is 15.0. The SMILES string of the molecule is Cc1cnccc1CNC(=O)CC[C@@H](C)N1CCCC1. The van der Waals surface area contributed by atoms with Crippen LogP contribution in [-0.4, -0.2) is 34.9 Å². The molecule has 0 aliphatic carbocycles. The average Bonchev–Trinajstić information content (AvgIpc) is 2.98. The highest BCUT2D eigenvalue weighted by molar-refractivity contribution is 5.75. The molecule has 0 unspecified atom stereocenters. The van der Waals surface area contributed by atoms with Crippen molar-refractivity contribution in [1.82, 2.24) is 15.2 Å². The number of nitrogens with zero attached hydrogens (tertiary/aromatic N) is 2. The molecular weight excluding hydrogens is 250 g/mol. The number of amides is 1. The van der Waals surface area contributed by atoms with E-state index in [4.69, 9.17) is 0 Å². The Bertz CT molecular complexity index is 441. The Morgan fingerprint density at radius 3 is 2.90 bits per heavy atom. The number of likely N-dealkylation sites (tertiary alicyclic amines) is 1. The third-order valence-electron chi connectivity index (χ3n) is 4.17. The molecule has 1 aliphatic heterocycles. The fourth-order valence-electron chi connectivity index (χ4n) is 2.69. The highest BCUT2D eigenvalue weighted by Crippen LogP contribution is 2.14. The van der Waals surface area contributed by atoms with Crippen molar-refractivity contribution in [3.05, 3.63) is 29.6 Å². The third-order valence-corrected chi connectivity index (χ3v) is 4.17. The van der Waals surface area contributed by atoms with E-state index in [1.807, 2.05) is 19.2 Å². The van der Waals surface area contributed by atoms with Crippen LogP contribution in [0.2, 0.25) is 0 Å². The van der Waals surface area contributed by atoms with Gasteiger partial charge in [-0.25, -0.2) is 0 Å². The number of aryl methyl sites for hydroxylation is 1. The van der Waals surface area contributed by atoms with Gasteiger partial charge in [-0.15, -0.1) is 0 Å². The van der Waals surface area contributed by atoms with Gasteiger partial charge in [-0.2, -0.15) is 0 Å². The van der Waals surface area contributed by atoms with E-state index >= 15 is 0 Å². The summed E-state index contributed by atoms with van der Waals surface area (Å²) in [6.45, 7) is 7.23. The second-order valence-corrected chi connectivity index (χ2v) is 5.71. The topological polar surface area (TPSA) is 45.2 Å².